The molecule has 0 spiro atoms. The molecule has 1 N–H and O–H groups in total. The molecule has 6 nitrogen and oxygen atoms in total. The van der Waals surface area contributed by atoms with Gasteiger partial charge in [0.15, 0.2) is 0 Å². The Balaban J connectivity index is 1.68. The molecule has 2 atom stereocenters. The normalized spacial score (nSPS) is 22.5. The first-order valence-corrected chi connectivity index (χ1v) is 13.5. The predicted octanol–water partition coefficient (Wildman–Crippen LogP) is 3.71. The van der Waals surface area contributed by atoms with Crippen molar-refractivity contribution < 1.29 is 13.2 Å². The lowest BCUT2D eigenvalue weighted by molar-refractivity contribution is -0.132. The second-order valence-corrected chi connectivity index (χ2v) is 10.9. The maximum Gasteiger partial charge on any atom is 0.222 e. The largest absolute Gasteiger partial charge is 0.338 e. The van der Waals surface area contributed by atoms with Crippen LogP contribution in [0.25, 0.3) is 11.3 Å². The van der Waals surface area contributed by atoms with Crippen LogP contribution in [0.1, 0.15) is 56.7 Å². The first-order chi connectivity index (χ1) is 15.5. The van der Waals surface area contributed by atoms with Crippen LogP contribution in [-0.2, 0) is 27.7 Å². The fraction of sp³-hybridized carbons (Fsp3) is 0.520. The minimum Gasteiger partial charge on any atom is -0.338 e. The molecule has 1 aromatic carbocycles. The molecule has 2 aliphatic rings. The molecule has 2 aromatic rings. The Morgan fingerprint density at radius 3 is 2.62 bits per heavy atom. The van der Waals surface area contributed by atoms with Gasteiger partial charge in [-0.2, -0.15) is 0 Å². The van der Waals surface area contributed by atoms with Gasteiger partial charge >= 0.3 is 0 Å². The Morgan fingerprint density at radius 2 is 1.81 bits per heavy atom. The molecule has 1 saturated heterocycles. The Kier molecular flexibility index (Phi) is 7.26. The Morgan fingerprint density at radius 1 is 1.03 bits per heavy atom. The van der Waals surface area contributed by atoms with Crippen LogP contribution in [0.15, 0.2) is 42.5 Å². The van der Waals surface area contributed by atoms with Gasteiger partial charge in [0.1, 0.15) is 0 Å². The van der Waals surface area contributed by atoms with Crippen LogP contribution in [0.5, 0.6) is 0 Å². The molecule has 4 rings (SSSR count). The molecule has 0 saturated carbocycles. The quantitative estimate of drug-likeness (QED) is 0.765. The molecular formula is C25H33N3O3S. The second-order valence-electron chi connectivity index (χ2n) is 8.86. The van der Waals surface area contributed by atoms with Gasteiger partial charge in [0, 0.05) is 36.7 Å². The average Bonchev–Trinajstić information content (AvgIpc) is 3.17. The number of nitrogens with zero attached hydrogens (tertiary/aromatic N) is 2. The number of amides is 1. The zero-order valence-electron chi connectivity index (χ0n) is 18.8. The molecule has 32 heavy (non-hydrogen) atoms. The summed E-state index contributed by atoms with van der Waals surface area (Å²) in [5.41, 5.74) is 4.29. The van der Waals surface area contributed by atoms with E-state index in [1.54, 1.807) is 6.92 Å². The fourth-order valence-corrected chi connectivity index (χ4v) is 5.80. The summed E-state index contributed by atoms with van der Waals surface area (Å²) in [4.78, 5) is 19.9. The van der Waals surface area contributed by atoms with Crippen molar-refractivity contribution in [3.63, 3.8) is 0 Å². The van der Waals surface area contributed by atoms with E-state index in [0.717, 1.165) is 49.1 Å². The number of fused-ring (bicyclic) bond motifs is 5. The van der Waals surface area contributed by atoms with Gasteiger partial charge in [-0.15, -0.1) is 0 Å². The first-order valence-electron chi connectivity index (χ1n) is 11.8. The summed E-state index contributed by atoms with van der Waals surface area (Å²) in [6, 6.07) is 14.0. The highest BCUT2D eigenvalue weighted by molar-refractivity contribution is 7.89. The molecule has 3 heterocycles. The SMILES string of the molecule is CCS(=O)(=O)NC1CCN2C(=O)CCCCCCc3ccccc3-c3cccc(n3)CC12. The number of carbonyl (C=O) groups excluding carboxylic acids is 1. The van der Waals surface area contributed by atoms with E-state index in [2.05, 4.69) is 22.9 Å². The van der Waals surface area contributed by atoms with Gasteiger partial charge in [0.25, 0.3) is 0 Å². The molecule has 1 fully saturated rings. The Labute approximate surface area is 191 Å². The van der Waals surface area contributed by atoms with Crippen LogP contribution >= 0.6 is 0 Å². The molecule has 2 bridgehead atoms. The molecule has 1 amide bonds. The molecule has 172 valence electrons. The van der Waals surface area contributed by atoms with E-state index < -0.39 is 10.0 Å². The van der Waals surface area contributed by atoms with Crippen molar-refractivity contribution in [3.05, 3.63) is 53.7 Å². The van der Waals surface area contributed by atoms with Gasteiger partial charge in [-0.1, -0.05) is 43.2 Å². The van der Waals surface area contributed by atoms with Crippen molar-refractivity contribution in [2.75, 3.05) is 12.3 Å². The Bertz CT molecular complexity index is 1050. The first kappa shape index (κ1) is 22.9. The molecule has 2 unspecified atom stereocenters. The molecular weight excluding hydrogens is 422 g/mol. The maximum absolute atomic E-state index is 13.0. The highest BCUT2D eigenvalue weighted by Crippen LogP contribution is 2.27. The molecule has 2 aliphatic heterocycles. The number of rotatable bonds is 3. The molecule has 7 heteroatoms. The van der Waals surface area contributed by atoms with E-state index in [1.165, 1.54) is 5.56 Å². The lowest BCUT2D eigenvalue weighted by atomic mass is 9.98. The van der Waals surface area contributed by atoms with E-state index in [9.17, 15) is 13.2 Å². The lowest BCUT2D eigenvalue weighted by Gasteiger charge is -2.28. The van der Waals surface area contributed by atoms with Crippen molar-refractivity contribution in [1.82, 2.24) is 14.6 Å². The number of aromatic nitrogens is 1. The van der Waals surface area contributed by atoms with Gasteiger partial charge < -0.3 is 4.90 Å². The summed E-state index contributed by atoms with van der Waals surface area (Å²) in [6.07, 6.45) is 6.80. The summed E-state index contributed by atoms with van der Waals surface area (Å²) in [5.74, 6) is 0.164. The van der Waals surface area contributed by atoms with Crippen LogP contribution < -0.4 is 4.72 Å². The van der Waals surface area contributed by atoms with E-state index >= 15 is 0 Å². The van der Waals surface area contributed by atoms with Crippen molar-refractivity contribution in [2.24, 2.45) is 0 Å². The summed E-state index contributed by atoms with van der Waals surface area (Å²) in [6.45, 7) is 2.22. The summed E-state index contributed by atoms with van der Waals surface area (Å²) in [7, 11) is -3.36. The molecule has 1 aromatic heterocycles. The van der Waals surface area contributed by atoms with Crippen molar-refractivity contribution in [1.29, 1.82) is 0 Å². The summed E-state index contributed by atoms with van der Waals surface area (Å²) < 4.78 is 27.4. The minimum absolute atomic E-state index is 0.0364. The van der Waals surface area contributed by atoms with Crippen molar-refractivity contribution in [2.45, 2.75) is 70.4 Å². The lowest BCUT2D eigenvalue weighted by Crippen LogP contribution is -2.48. The van der Waals surface area contributed by atoms with Gasteiger partial charge in [0.05, 0.1) is 17.5 Å². The topological polar surface area (TPSA) is 79.4 Å². The zero-order valence-corrected chi connectivity index (χ0v) is 19.6. The van der Waals surface area contributed by atoms with Crippen LogP contribution in [0, 0.1) is 0 Å². The summed E-state index contributed by atoms with van der Waals surface area (Å²) in [5, 5.41) is 0. The van der Waals surface area contributed by atoms with Gasteiger partial charge in [0.2, 0.25) is 15.9 Å². The van der Waals surface area contributed by atoms with E-state index in [-0.39, 0.29) is 23.7 Å². The fourth-order valence-electron chi connectivity index (χ4n) is 4.90. The van der Waals surface area contributed by atoms with Crippen LogP contribution in [0.4, 0.5) is 0 Å². The maximum atomic E-state index is 13.0. The van der Waals surface area contributed by atoms with Crippen LogP contribution in [-0.4, -0.2) is 48.6 Å². The monoisotopic (exact) mass is 455 g/mol. The highest BCUT2D eigenvalue weighted by atomic mass is 32.2. The number of sulfonamides is 1. The standard InChI is InChI=1S/C25H33N3O3S/c1-2-32(30,31)27-23-16-17-28-24(23)18-20-12-9-14-22(26-20)21-13-8-7-11-19(21)10-5-3-4-6-15-25(28)29/h7-9,11-14,23-24,27H,2-6,10,15-18H2,1H3. The van der Waals surface area contributed by atoms with Crippen LogP contribution in [0.3, 0.4) is 0 Å². The number of aryl methyl sites for hydroxylation is 1. The smallest absolute Gasteiger partial charge is 0.222 e. The van der Waals surface area contributed by atoms with E-state index in [0.29, 0.717) is 25.8 Å². The number of carbonyl (C=O) groups is 1. The van der Waals surface area contributed by atoms with Gasteiger partial charge in [-0.05, 0) is 50.3 Å². The van der Waals surface area contributed by atoms with Crippen molar-refractivity contribution >= 4 is 15.9 Å². The third kappa shape index (κ3) is 5.38. The number of hydrogen-bond acceptors (Lipinski definition) is 4. The zero-order chi connectivity index (χ0) is 22.6. The molecule has 0 radical (unpaired) electrons. The van der Waals surface area contributed by atoms with Gasteiger partial charge in [-0.25, -0.2) is 13.1 Å². The number of nitrogens with one attached hydrogen (secondary N) is 1. The van der Waals surface area contributed by atoms with Crippen molar-refractivity contribution in [3.8, 4) is 11.3 Å². The average molecular weight is 456 g/mol. The third-order valence-electron chi connectivity index (χ3n) is 6.68. The van der Waals surface area contributed by atoms with E-state index in [4.69, 9.17) is 4.98 Å². The van der Waals surface area contributed by atoms with Gasteiger partial charge in [-0.3, -0.25) is 9.78 Å². The Hall–Kier alpha value is -2.25. The number of pyridine rings is 1. The predicted molar refractivity (Wildman–Crippen MR) is 127 cm³/mol. The van der Waals surface area contributed by atoms with E-state index in [1.807, 2.05) is 29.2 Å². The van der Waals surface area contributed by atoms with Crippen LogP contribution in [0.2, 0.25) is 0 Å². The molecule has 0 aliphatic carbocycles. The minimum atomic E-state index is -3.36. The second kappa shape index (κ2) is 10.1. The number of hydrogen-bond donors (Lipinski definition) is 1. The highest BCUT2D eigenvalue weighted by Gasteiger charge is 2.38. The summed E-state index contributed by atoms with van der Waals surface area (Å²) >= 11 is 0. The third-order valence-corrected chi connectivity index (χ3v) is 8.10. The number of benzene rings is 1.